The number of carbonyl (C=O) groups is 1. The lowest BCUT2D eigenvalue weighted by Crippen LogP contribution is -2.49. The molecule has 0 bridgehead atoms. The molecule has 2 unspecified atom stereocenters. The van der Waals surface area contributed by atoms with E-state index in [2.05, 4.69) is 4.90 Å². The number of halogens is 3. The molecule has 3 aliphatic rings. The number of rotatable bonds is 2. The van der Waals surface area contributed by atoms with Gasteiger partial charge in [0.15, 0.2) is 0 Å². The molecule has 0 spiro atoms. The minimum absolute atomic E-state index is 0.0376. The summed E-state index contributed by atoms with van der Waals surface area (Å²) in [6.07, 6.45) is -2.24. The SMILES string of the molecule is COc1ccc(-c2cc3c4c(c2)C2CN(C(=O)OC(C)(C)C)CCC2N4CCC3)c(C(F)(F)F)c1. The van der Waals surface area contributed by atoms with Gasteiger partial charge in [0, 0.05) is 37.3 Å². The number of piperidine rings is 1. The average Bonchev–Trinajstić information content (AvgIpc) is 3.11. The fraction of sp³-hybridized carbons (Fsp3) is 0.519. The summed E-state index contributed by atoms with van der Waals surface area (Å²) >= 11 is 0. The van der Waals surface area contributed by atoms with Crippen molar-refractivity contribution in [1.29, 1.82) is 0 Å². The van der Waals surface area contributed by atoms with Crippen molar-refractivity contribution in [2.45, 2.75) is 63.8 Å². The normalized spacial score (nSPS) is 21.5. The van der Waals surface area contributed by atoms with E-state index in [4.69, 9.17) is 9.47 Å². The minimum atomic E-state index is -4.51. The Morgan fingerprint density at radius 2 is 1.86 bits per heavy atom. The third kappa shape index (κ3) is 4.32. The Balaban J connectivity index is 1.57. The van der Waals surface area contributed by atoms with Crippen LogP contribution >= 0.6 is 0 Å². The van der Waals surface area contributed by atoms with E-state index in [1.807, 2.05) is 32.9 Å². The Hall–Kier alpha value is -2.90. The minimum Gasteiger partial charge on any atom is -0.497 e. The number of ether oxygens (including phenoxy) is 2. The van der Waals surface area contributed by atoms with Crippen LogP contribution in [-0.2, 0) is 17.3 Å². The number of benzene rings is 2. The number of aryl methyl sites for hydroxylation is 1. The molecule has 1 amide bonds. The maximum atomic E-state index is 14.0. The summed E-state index contributed by atoms with van der Waals surface area (Å²) in [5.74, 6) is 0.214. The van der Waals surface area contributed by atoms with Crippen molar-refractivity contribution in [1.82, 2.24) is 4.90 Å². The molecule has 1 fully saturated rings. The molecule has 188 valence electrons. The van der Waals surface area contributed by atoms with Gasteiger partial charge in [0.1, 0.15) is 11.4 Å². The van der Waals surface area contributed by atoms with Gasteiger partial charge in [-0.25, -0.2) is 4.79 Å². The van der Waals surface area contributed by atoms with Crippen LogP contribution in [0.15, 0.2) is 30.3 Å². The highest BCUT2D eigenvalue weighted by Crippen LogP contribution is 2.51. The molecular formula is C27H31F3N2O3. The number of alkyl halides is 3. The number of hydrogen-bond acceptors (Lipinski definition) is 4. The molecule has 0 radical (unpaired) electrons. The van der Waals surface area contributed by atoms with E-state index in [9.17, 15) is 18.0 Å². The van der Waals surface area contributed by atoms with Crippen LogP contribution in [0.3, 0.4) is 0 Å². The number of methoxy groups -OCH3 is 1. The van der Waals surface area contributed by atoms with E-state index in [1.54, 1.807) is 11.0 Å². The van der Waals surface area contributed by atoms with Gasteiger partial charge in [-0.3, -0.25) is 0 Å². The van der Waals surface area contributed by atoms with Crippen molar-refractivity contribution in [2.75, 3.05) is 31.6 Å². The third-order valence-electron chi connectivity index (χ3n) is 7.22. The molecule has 2 aromatic carbocycles. The van der Waals surface area contributed by atoms with Crippen LogP contribution in [0, 0.1) is 0 Å². The Morgan fingerprint density at radius 3 is 2.54 bits per heavy atom. The lowest BCUT2D eigenvalue weighted by molar-refractivity contribution is -0.137. The van der Waals surface area contributed by atoms with Gasteiger partial charge >= 0.3 is 12.3 Å². The number of hydrogen-bond donors (Lipinski definition) is 0. The summed E-state index contributed by atoms with van der Waals surface area (Å²) in [5.41, 5.74) is 2.71. The summed E-state index contributed by atoms with van der Waals surface area (Å²) in [6.45, 7) is 7.58. The summed E-state index contributed by atoms with van der Waals surface area (Å²) in [7, 11) is 1.36. The van der Waals surface area contributed by atoms with Crippen molar-refractivity contribution >= 4 is 11.8 Å². The Kier molecular flexibility index (Phi) is 5.68. The zero-order valence-electron chi connectivity index (χ0n) is 20.5. The predicted molar refractivity (Wildman–Crippen MR) is 128 cm³/mol. The van der Waals surface area contributed by atoms with Gasteiger partial charge in [-0.2, -0.15) is 13.2 Å². The van der Waals surface area contributed by atoms with Gasteiger partial charge in [-0.15, -0.1) is 0 Å². The highest BCUT2D eigenvalue weighted by molar-refractivity contribution is 5.79. The predicted octanol–water partition coefficient (Wildman–Crippen LogP) is 6.24. The standard InChI is InChI=1S/C27H31F3N2O3/c1-26(2,3)35-25(33)31-11-9-23-21(15-31)20-13-17(12-16-6-5-10-32(23)24(16)20)19-8-7-18(34-4)14-22(19)27(28,29)30/h7-8,12-14,21,23H,5-6,9-11,15H2,1-4H3. The number of carbonyl (C=O) groups excluding carboxylic acids is 1. The fourth-order valence-corrected chi connectivity index (χ4v) is 5.83. The Labute approximate surface area is 203 Å². The Bertz CT molecular complexity index is 1160. The van der Waals surface area contributed by atoms with Gasteiger partial charge in [-0.05, 0) is 86.6 Å². The van der Waals surface area contributed by atoms with E-state index in [0.717, 1.165) is 48.7 Å². The molecule has 5 nitrogen and oxygen atoms in total. The first-order valence-electron chi connectivity index (χ1n) is 12.1. The van der Waals surface area contributed by atoms with Crippen molar-refractivity contribution in [3.63, 3.8) is 0 Å². The summed E-state index contributed by atoms with van der Waals surface area (Å²) < 4.78 is 52.7. The Morgan fingerprint density at radius 1 is 1.09 bits per heavy atom. The lowest BCUT2D eigenvalue weighted by Gasteiger charge is -2.40. The van der Waals surface area contributed by atoms with Crippen LogP contribution in [0.1, 0.15) is 56.2 Å². The second kappa shape index (κ2) is 8.35. The quantitative estimate of drug-likeness (QED) is 0.502. The second-order valence-electron chi connectivity index (χ2n) is 10.7. The summed E-state index contributed by atoms with van der Waals surface area (Å²) in [4.78, 5) is 17.0. The number of amides is 1. The van der Waals surface area contributed by atoms with Crippen LogP contribution in [-0.4, -0.2) is 49.4 Å². The molecule has 3 heterocycles. The average molecular weight is 489 g/mol. The molecule has 1 saturated heterocycles. The number of fused-ring (bicyclic) bond motifs is 3. The fourth-order valence-electron chi connectivity index (χ4n) is 5.83. The molecule has 0 aliphatic carbocycles. The largest absolute Gasteiger partial charge is 0.497 e. The van der Waals surface area contributed by atoms with Crippen molar-refractivity contribution < 1.29 is 27.4 Å². The van der Waals surface area contributed by atoms with E-state index >= 15 is 0 Å². The molecule has 8 heteroatoms. The first-order chi connectivity index (χ1) is 16.5. The van der Waals surface area contributed by atoms with Crippen molar-refractivity contribution in [2.24, 2.45) is 0 Å². The first kappa shape index (κ1) is 23.8. The van der Waals surface area contributed by atoms with Crippen molar-refractivity contribution in [3.8, 4) is 16.9 Å². The topological polar surface area (TPSA) is 42.0 Å². The van der Waals surface area contributed by atoms with Gasteiger partial charge in [0.05, 0.1) is 12.7 Å². The molecule has 0 aromatic heterocycles. The van der Waals surface area contributed by atoms with E-state index in [-0.39, 0.29) is 29.4 Å². The van der Waals surface area contributed by atoms with Gasteiger partial charge < -0.3 is 19.3 Å². The molecule has 5 rings (SSSR count). The molecular weight excluding hydrogens is 457 g/mol. The molecule has 3 aliphatic heterocycles. The number of anilines is 1. The van der Waals surface area contributed by atoms with E-state index in [1.165, 1.54) is 13.2 Å². The summed E-state index contributed by atoms with van der Waals surface area (Å²) in [5, 5.41) is 0. The third-order valence-corrected chi connectivity index (χ3v) is 7.22. The van der Waals surface area contributed by atoms with Gasteiger partial charge in [0.2, 0.25) is 0 Å². The molecule has 35 heavy (non-hydrogen) atoms. The van der Waals surface area contributed by atoms with Crippen LogP contribution in [0.2, 0.25) is 0 Å². The zero-order valence-corrected chi connectivity index (χ0v) is 20.5. The molecule has 0 saturated carbocycles. The van der Waals surface area contributed by atoms with Crippen LogP contribution < -0.4 is 9.64 Å². The monoisotopic (exact) mass is 488 g/mol. The molecule has 0 N–H and O–H groups in total. The van der Waals surface area contributed by atoms with Crippen LogP contribution in [0.5, 0.6) is 5.75 Å². The molecule has 2 aromatic rings. The van der Waals surface area contributed by atoms with Crippen molar-refractivity contribution in [3.05, 3.63) is 47.0 Å². The van der Waals surface area contributed by atoms with Crippen LogP contribution in [0.25, 0.3) is 11.1 Å². The van der Waals surface area contributed by atoms with E-state index in [0.29, 0.717) is 18.7 Å². The smallest absolute Gasteiger partial charge is 0.417 e. The highest BCUT2D eigenvalue weighted by Gasteiger charge is 2.46. The molecule has 2 atom stereocenters. The maximum Gasteiger partial charge on any atom is 0.417 e. The van der Waals surface area contributed by atoms with Crippen LogP contribution in [0.4, 0.5) is 23.7 Å². The lowest BCUT2D eigenvalue weighted by atomic mass is 9.86. The number of nitrogens with zero attached hydrogens (tertiary/aromatic N) is 2. The highest BCUT2D eigenvalue weighted by atomic mass is 19.4. The van der Waals surface area contributed by atoms with Gasteiger partial charge in [0.25, 0.3) is 0 Å². The first-order valence-corrected chi connectivity index (χ1v) is 12.1. The summed E-state index contributed by atoms with van der Waals surface area (Å²) in [6, 6.07) is 8.22. The maximum absolute atomic E-state index is 14.0. The second-order valence-corrected chi connectivity index (χ2v) is 10.7. The van der Waals surface area contributed by atoms with E-state index < -0.39 is 17.3 Å². The number of likely N-dealkylation sites (tertiary alicyclic amines) is 1. The zero-order chi connectivity index (χ0) is 25.1. The van der Waals surface area contributed by atoms with Gasteiger partial charge in [-0.1, -0.05) is 6.07 Å².